The van der Waals surface area contributed by atoms with E-state index in [0.29, 0.717) is 100 Å². The maximum absolute atomic E-state index is 13.7. The van der Waals surface area contributed by atoms with Gasteiger partial charge in [-0.2, -0.15) is 4.98 Å². The third-order valence-corrected chi connectivity index (χ3v) is 19.5. The maximum atomic E-state index is 13.7. The highest BCUT2D eigenvalue weighted by atomic mass is 32.2. The number of amides is 2. The molecule has 0 atom stereocenters. The molecule has 0 aliphatic carbocycles. The minimum Gasteiger partial charge on any atom is -0.494 e. The Morgan fingerprint density at radius 2 is 1.20 bits per heavy atom. The number of sulfone groups is 2. The molecule has 0 radical (unpaired) electrons. The summed E-state index contributed by atoms with van der Waals surface area (Å²) in [5, 5.41) is 35.4. The maximum Gasteiger partial charge on any atom is 0.265 e. The second-order valence-electron chi connectivity index (χ2n) is 19.3. The topological polar surface area (TPSA) is 285 Å². The summed E-state index contributed by atoms with van der Waals surface area (Å²) in [6.07, 6.45) is 2.29. The Labute approximate surface area is 462 Å². The summed E-state index contributed by atoms with van der Waals surface area (Å²) in [5.74, 6) is 1.11. The summed E-state index contributed by atoms with van der Waals surface area (Å²) in [6, 6.07) is 39.9. The summed E-state index contributed by atoms with van der Waals surface area (Å²) in [7, 11) is -6.59. The first kappa shape index (κ1) is 57.1. The number of aryl methyl sites for hydroxylation is 2. The summed E-state index contributed by atoms with van der Waals surface area (Å²) in [5.41, 5.74) is 4.86. The molecule has 0 saturated carbocycles. The standard InChI is InChI=1S/C30H34N4O7S.C27H27N3O7S/c1-39-21-19-34-17-15-30(16-18-34,29(35)32-36)42(37,38)24-13-11-23(12-14-24)40-20-5-10-27-31-28(33-41-27)26-9-4-7-22-6-2-3-8-25(22)26;31-26(30-32)27(13-16-35-17-14-27)38(33,34)23-11-9-22(10-12-23)36-15-3-6-24-28-29-25(37-24)21-8-7-19-4-1-2-5-20(19)18-21/h2-4,6-9,11-14,36H,5,10,15-21H2,1H3,(H,32,35);1-2,4-5,7-12,18,32H,3,6,13-17H2,(H,30,31). The predicted molar refractivity (Wildman–Crippen MR) is 292 cm³/mol. The number of carbonyl (C=O) groups excluding carboxylic acids is 2. The van der Waals surface area contributed by atoms with Gasteiger partial charge < -0.3 is 32.8 Å². The number of hydrogen-bond acceptors (Lipinski definition) is 19. The van der Waals surface area contributed by atoms with Crippen LogP contribution in [0, 0.1) is 0 Å². The zero-order valence-electron chi connectivity index (χ0n) is 43.9. The average Bonchev–Trinajstić information content (AvgIpc) is 3.95. The van der Waals surface area contributed by atoms with Crippen LogP contribution >= 0.6 is 0 Å². The van der Waals surface area contributed by atoms with Crippen molar-refractivity contribution in [1.82, 2.24) is 36.2 Å². The van der Waals surface area contributed by atoms with E-state index < -0.39 is 41.0 Å². The second kappa shape index (κ2) is 25.6. The quantitative estimate of drug-likeness (QED) is 0.0310. The number of piperidine rings is 1. The number of benzene rings is 6. The summed E-state index contributed by atoms with van der Waals surface area (Å²) in [4.78, 5) is 31.6. The third kappa shape index (κ3) is 12.4. The minimum absolute atomic E-state index is 0.00406. The van der Waals surface area contributed by atoms with Crippen LogP contribution in [0.25, 0.3) is 44.4 Å². The molecule has 0 spiro atoms. The molecule has 2 aliphatic rings. The molecule has 0 bridgehead atoms. The summed E-state index contributed by atoms with van der Waals surface area (Å²) < 4.78 is 83.6. The van der Waals surface area contributed by atoms with Crippen LogP contribution in [-0.2, 0) is 51.6 Å². The van der Waals surface area contributed by atoms with Gasteiger partial charge in [0.1, 0.15) is 11.5 Å². The van der Waals surface area contributed by atoms with E-state index in [1.54, 1.807) is 36.9 Å². The number of fused-ring (bicyclic) bond motifs is 2. The number of ether oxygens (including phenoxy) is 4. The minimum atomic E-state index is -4.10. The molecule has 2 saturated heterocycles. The highest BCUT2D eigenvalue weighted by molar-refractivity contribution is 7.94. The number of hydrogen-bond donors (Lipinski definition) is 4. The molecule has 23 heteroatoms. The van der Waals surface area contributed by atoms with Crippen molar-refractivity contribution < 1.29 is 64.7 Å². The Morgan fingerprint density at radius 3 is 1.81 bits per heavy atom. The Balaban J connectivity index is 0.000000195. The van der Waals surface area contributed by atoms with Gasteiger partial charge in [-0.05, 0) is 121 Å². The van der Waals surface area contributed by atoms with Crippen molar-refractivity contribution in [3.8, 4) is 34.3 Å². The van der Waals surface area contributed by atoms with Gasteiger partial charge in [-0.3, -0.25) is 20.0 Å². The smallest absolute Gasteiger partial charge is 0.265 e. The number of rotatable bonds is 21. The van der Waals surface area contributed by atoms with E-state index in [2.05, 4.69) is 20.3 Å². The van der Waals surface area contributed by atoms with Gasteiger partial charge in [0.05, 0.1) is 29.6 Å². The monoisotopic (exact) mass is 1130 g/mol. The van der Waals surface area contributed by atoms with Gasteiger partial charge >= 0.3 is 0 Å². The first-order chi connectivity index (χ1) is 38.8. The molecule has 21 nitrogen and oxygen atoms in total. The fourth-order valence-electron chi connectivity index (χ4n) is 9.89. The van der Waals surface area contributed by atoms with Gasteiger partial charge in [0.2, 0.25) is 23.5 Å². The molecule has 2 aliphatic heterocycles. The van der Waals surface area contributed by atoms with E-state index in [1.165, 1.54) is 29.7 Å². The Bertz CT molecular complexity index is 3610. The van der Waals surface area contributed by atoms with E-state index in [0.717, 1.165) is 32.7 Å². The van der Waals surface area contributed by atoms with Crippen molar-refractivity contribution >= 4 is 53.0 Å². The molecular formula is C57H61N7O14S2. The molecule has 420 valence electrons. The van der Waals surface area contributed by atoms with Crippen LogP contribution in [0.1, 0.15) is 50.3 Å². The molecule has 4 N–H and O–H groups in total. The lowest BCUT2D eigenvalue weighted by molar-refractivity contribution is -0.134. The van der Waals surface area contributed by atoms with Crippen LogP contribution in [0.3, 0.4) is 0 Å². The van der Waals surface area contributed by atoms with Crippen molar-refractivity contribution in [2.75, 3.05) is 59.8 Å². The van der Waals surface area contributed by atoms with Crippen molar-refractivity contribution in [3.63, 3.8) is 0 Å². The first-order valence-corrected chi connectivity index (χ1v) is 29.0. The number of nitrogens with zero attached hydrogens (tertiary/aromatic N) is 5. The number of carbonyl (C=O) groups is 2. The number of nitrogens with one attached hydrogen (secondary N) is 2. The second-order valence-corrected chi connectivity index (χ2v) is 23.8. The highest BCUT2D eigenvalue weighted by Crippen LogP contribution is 2.38. The Hall–Kier alpha value is -7.64. The van der Waals surface area contributed by atoms with Crippen LogP contribution in [0.5, 0.6) is 11.5 Å². The van der Waals surface area contributed by atoms with Crippen molar-refractivity contribution in [2.24, 2.45) is 0 Å². The lowest BCUT2D eigenvalue weighted by atomic mass is 9.95. The molecule has 10 rings (SSSR count). The van der Waals surface area contributed by atoms with Crippen LogP contribution in [-0.4, -0.2) is 134 Å². The third-order valence-electron chi connectivity index (χ3n) is 14.5. The summed E-state index contributed by atoms with van der Waals surface area (Å²) in [6.45, 7) is 2.85. The van der Waals surface area contributed by atoms with Crippen LogP contribution in [0.4, 0.5) is 0 Å². The Morgan fingerprint density at radius 1 is 0.637 bits per heavy atom. The largest absolute Gasteiger partial charge is 0.494 e. The van der Waals surface area contributed by atoms with Crippen molar-refractivity contribution in [3.05, 3.63) is 145 Å². The number of methoxy groups -OCH3 is 1. The van der Waals surface area contributed by atoms with Gasteiger partial charge in [-0.1, -0.05) is 78.0 Å². The fraction of sp³-hybridized carbons (Fsp3) is 0.333. The lowest BCUT2D eigenvalue weighted by Crippen LogP contribution is -2.57. The predicted octanol–water partition coefficient (Wildman–Crippen LogP) is 7.39. The number of hydroxylamine groups is 2. The van der Waals surface area contributed by atoms with E-state index in [9.17, 15) is 31.6 Å². The van der Waals surface area contributed by atoms with Gasteiger partial charge in [0.15, 0.2) is 29.2 Å². The molecule has 0 unspecified atom stereocenters. The Kier molecular flexibility index (Phi) is 18.3. The molecule has 80 heavy (non-hydrogen) atoms. The van der Waals surface area contributed by atoms with Gasteiger partial charge in [0.25, 0.3) is 11.8 Å². The zero-order chi connectivity index (χ0) is 56.2. The van der Waals surface area contributed by atoms with E-state index in [1.807, 2.05) is 89.8 Å². The molecule has 4 heterocycles. The lowest BCUT2D eigenvalue weighted by Gasteiger charge is -2.39. The molecular weight excluding hydrogens is 1070 g/mol. The van der Waals surface area contributed by atoms with Crippen molar-refractivity contribution in [2.45, 2.75) is 70.7 Å². The SMILES string of the molecule is COCCN1CCC(C(=O)NO)(S(=O)(=O)c2ccc(OCCCc3nc(-c4cccc5ccccc45)no3)cc2)CC1.O=C(NO)C1(S(=O)(=O)c2ccc(OCCCc3nnc(-c4ccc5ccccc5c4)o3)cc2)CCOCC1. The van der Waals surface area contributed by atoms with Crippen LogP contribution < -0.4 is 20.4 Å². The van der Waals surface area contributed by atoms with E-state index >= 15 is 0 Å². The van der Waals surface area contributed by atoms with Gasteiger partial charge in [0, 0.05) is 63.9 Å². The van der Waals surface area contributed by atoms with Gasteiger partial charge in [-0.25, -0.2) is 27.8 Å². The molecule has 2 amide bonds. The molecule has 8 aromatic rings. The fourth-order valence-corrected chi connectivity index (χ4v) is 13.8. The molecule has 6 aromatic carbocycles. The number of likely N-dealkylation sites (tertiary alicyclic amines) is 1. The summed E-state index contributed by atoms with van der Waals surface area (Å²) >= 11 is 0. The molecule has 2 fully saturated rings. The van der Waals surface area contributed by atoms with E-state index in [4.69, 9.17) is 33.1 Å². The highest BCUT2D eigenvalue weighted by Gasteiger charge is 2.54. The average molecular weight is 1130 g/mol. The van der Waals surface area contributed by atoms with Crippen LogP contribution in [0.15, 0.2) is 152 Å². The first-order valence-electron chi connectivity index (χ1n) is 26.1. The number of aromatic nitrogens is 4. The van der Waals surface area contributed by atoms with Crippen LogP contribution in [0.2, 0.25) is 0 Å². The normalized spacial score (nSPS) is 15.4. The van der Waals surface area contributed by atoms with Crippen molar-refractivity contribution in [1.29, 1.82) is 0 Å². The van der Waals surface area contributed by atoms with E-state index in [-0.39, 0.29) is 48.7 Å². The van der Waals surface area contributed by atoms with Gasteiger partial charge in [-0.15, -0.1) is 10.2 Å². The molecule has 2 aromatic heterocycles. The zero-order valence-corrected chi connectivity index (χ0v) is 45.5.